The highest BCUT2D eigenvalue weighted by molar-refractivity contribution is 5.95. The summed E-state index contributed by atoms with van der Waals surface area (Å²) in [6.07, 6.45) is 0. The molecule has 3 aromatic rings. The van der Waals surface area contributed by atoms with E-state index < -0.39 is 22.4 Å². The van der Waals surface area contributed by atoms with Crippen molar-refractivity contribution in [3.05, 3.63) is 69.0 Å². The fourth-order valence-electron chi connectivity index (χ4n) is 2.34. The molecule has 0 aliphatic heterocycles. The third-order valence-electron chi connectivity index (χ3n) is 3.70. The first-order valence-electron chi connectivity index (χ1n) is 7.37. The Morgan fingerprint density at radius 3 is 2.64 bits per heavy atom. The highest BCUT2D eigenvalue weighted by atomic mass is 16.6. The van der Waals surface area contributed by atoms with Crippen LogP contribution in [-0.4, -0.2) is 25.8 Å². The first kappa shape index (κ1) is 16.2. The molecular weight excluding hydrogens is 326 g/mol. The monoisotopic (exact) mass is 339 g/mol. The molecule has 2 aromatic carbocycles. The lowest BCUT2D eigenvalue weighted by Crippen LogP contribution is -2.34. The van der Waals surface area contributed by atoms with Crippen LogP contribution in [0.5, 0.6) is 0 Å². The number of para-hydroxylation sites is 2. The molecule has 9 heteroatoms. The molecule has 0 spiro atoms. The number of anilines is 1. The highest BCUT2D eigenvalue weighted by Gasteiger charge is 2.22. The molecule has 0 radical (unpaired) electrons. The van der Waals surface area contributed by atoms with Gasteiger partial charge in [0.15, 0.2) is 0 Å². The second-order valence-electron chi connectivity index (χ2n) is 5.30. The minimum absolute atomic E-state index is 0.0474. The molecule has 0 unspecified atom stereocenters. The molecule has 0 saturated carbocycles. The maximum atomic E-state index is 12.5. The van der Waals surface area contributed by atoms with E-state index in [-0.39, 0.29) is 11.4 Å². The average Bonchev–Trinajstić information content (AvgIpc) is 2.62. The zero-order chi connectivity index (χ0) is 18.0. The Labute approximate surface area is 141 Å². The third kappa shape index (κ3) is 3.07. The van der Waals surface area contributed by atoms with Gasteiger partial charge in [-0.1, -0.05) is 29.5 Å². The standard InChI is InChI=1S/C16H13N5O4/c1-10(15(22)17-13-8-4-5-9-14(13)21(24)25)20-16(23)11-6-2-3-7-12(11)18-19-20/h2-10H,1H3,(H,17,22)/t10-/m1/s1. The van der Waals surface area contributed by atoms with E-state index in [0.717, 1.165) is 4.68 Å². The van der Waals surface area contributed by atoms with Crippen molar-refractivity contribution >= 4 is 28.2 Å². The van der Waals surface area contributed by atoms with Crippen molar-refractivity contribution in [2.45, 2.75) is 13.0 Å². The Morgan fingerprint density at radius 1 is 1.20 bits per heavy atom. The number of amides is 1. The number of fused-ring (bicyclic) bond motifs is 1. The maximum absolute atomic E-state index is 12.5. The molecule has 3 rings (SSSR count). The SMILES string of the molecule is C[C@H](C(=O)Nc1ccccc1[N+](=O)[O-])n1nnc2ccccc2c1=O. The second-order valence-corrected chi connectivity index (χ2v) is 5.30. The summed E-state index contributed by atoms with van der Waals surface area (Å²) in [5.41, 5.74) is -0.225. The van der Waals surface area contributed by atoms with Crippen molar-refractivity contribution in [3.8, 4) is 0 Å². The quantitative estimate of drug-likeness (QED) is 0.572. The number of nitrogens with zero attached hydrogens (tertiary/aromatic N) is 4. The van der Waals surface area contributed by atoms with Gasteiger partial charge in [-0.05, 0) is 25.1 Å². The first-order valence-corrected chi connectivity index (χ1v) is 7.37. The summed E-state index contributed by atoms with van der Waals surface area (Å²) in [6.45, 7) is 1.47. The molecule has 126 valence electrons. The molecule has 1 amide bonds. The van der Waals surface area contributed by atoms with Crippen molar-refractivity contribution < 1.29 is 9.72 Å². The molecule has 0 bridgehead atoms. The normalized spacial score (nSPS) is 11.9. The van der Waals surface area contributed by atoms with Crippen molar-refractivity contribution in [3.63, 3.8) is 0 Å². The zero-order valence-electron chi connectivity index (χ0n) is 13.1. The summed E-state index contributed by atoms with van der Waals surface area (Å²) < 4.78 is 0.951. The molecule has 25 heavy (non-hydrogen) atoms. The molecule has 9 nitrogen and oxygen atoms in total. The number of nitro groups is 1. The number of rotatable bonds is 4. The summed E-state index contributed by atoms with van der Waals surface area (Å²) in [7, 11) is 0. The Balaban J connectivity index is 1.93. The van der Waals surface area contributed by atoms with Gasteiger partial charge in [0.25, 0.3) is 11.2 Å². The number of carbonyl (C=O) groups excluding carboxylic acids is 1. The number of hydrogen-bond donors (Lipinski definition) is 1. The minimum Gasteiger partial charge on any atom is -0.319 e. The minimum atomic E-state index is -0.996. The van der Waals surface area contributed by atoms with E-state index in [1.54, 1.807) is 30.3 Å². The van der Waals surface area contributed by atoms with Gasteiger partial charge in [0.1, 0.15) is 17.2 Å². The number of nitrogens with one attached hydrogen (secondary N) is 1. The average molecular weight is 339 g/mol. The van der Waals surface area contributed by atoms with Crippen molar-refractivity contribution in [1.29, 1.82) is 0 Å². The summed E-state index contributed by atoms with van der Waals surface area (Å²) in [5, 5.41) is 21.5. The number of nitro benzene ring substituents is 1. The lowest BCUT2D eigenvalue weighted by atomic mass is 10.2. The van der Waals surface area contributed by atoms with Crippen LogP contribution in [0.1, 0.15) is 13.0 Å². The van der Waals surface area contributed by atoms with Gasteiger partial charge in [-0.2, -0.15) is 4.68 Å². The van der Waals surface area contributed by atoms with E-state index in [4.69, 9.17) is 0 Å². The summed E-state index contributed by atoms with van der Waals surface area (Å²) >= 11 is 0. The fraction of sp³-hybridized carbons (Fsp3) is 0.125. The lowest BCUT2D eigenvalue weighted by molar-refractivity contribution is -0.383. The third-order valence-corrected chi connectivity index (χ3v) is 3.70. The van der Waals surface area contributed by atoms with Crippen LogP contribution in [0.2, 0.25) is 0 Å². The van der Waals surface area contributed by atoms with Gasteiger partial charge >= 0.3 is 0 Å². The zero-order valence-corrected chi connectivity index (χ0v) is 13.1. The topological polar surface area (TPSA) is 120 Å². The van der Waals surface area contributed by atoms with Crippen molar-refractivity contribution in [2.75, 3.05) is 5.32 Å². The molecular formula is C16H13N5O4. The summed E-state index contributed by atoms with van der Waals surface area (Å²) in [6, 6.07) is 11.4. The molecule has 1 atom stereocenters. The molecule has 1 N–H and O–H groups in total. The van der Waals surface area contributed by atoms with Crippen LogP contribution in [0.4, 0.5) is 11.4 Å². The molecule has 0 aliphatic carbocycles. The number of hydrogen-bond acceptors (Lipinski definition) is 6. The predicted octanol–water partition coefficient (Wildman–Crippen LogP) is 1.90. The van der Waals surface area contributed by atoms with Crippen LogP contribution < -0.4 is 10.9 Å². The Morgan fingerprint density at radius 2 is 1.88 bits per heavy atom. The van der Waals surface area contributed by atoms with Crippen LogP contribution in [0.3, 0.4) is 0 Å². The van der Waals surface area contributed by atoms with E-state index >= 15 is 0 Å². The first-order chi connectivity index (χ1) is 12.0. The van der Waals surface area contributed by atoms with Gasteiger partial charge < -0.3 is 5.32 Å². The van der Waals surface area contributed by atoms with Crippen LogP contribution in [0, 0.1) is 10.1 Å². The molecule has 0 saturated heterocycles. The Hall–Kier alpha value is -3.62. The van der Waals surface area contributed by atoms with E-state index in [9.17, 15) is 19.7 Å². The molecule has 0 aliphatic rings. The smallest absolute Gasteiger partial charge is 0.292 e. The van der Waals surface area contributed by atoms with Crippen LogP contribution >= 0.6 is 0 Å². The Bertz CT molecular complexity index is 1030. The van der Waals surface area contributed by atoms with Crippen LogP contribution in [-0.2, 0) is 4.79 Å². The van der Waals surface area contributed by atoms with Crippen LogP contribution in [0.25, 0.3) is 10.9 Å². The summed E-state index contributed by atoms with van der Waals surface area (Å²) in [5.74, 6) is -0.610. The lowest BCUT2D eigenvalue weighted by Gasteiger charge is -2.13. The van der Waals surface area contributed by atoms with E-state index in [1.807, 2.05) is 0 Å². The predicted molar refractivity (Wildman–Crippen MR) is 90.2 cm³/mol. The number of aromatic nitrogens is 3. The second kappa shape index (κ2) is 6.48. The molecule has 1 heterocycles. The molecule has 1 aromatic heterocycles. The summed E-state index contributed by atoms with van der Waals surface area (Å²) in [4.78, 5) is 35.3. The van der Waals surface area contributed by atoms with E-state index in [1.165, 1.54) is 25.1 Å². The Kier molecular flexibility index (Phi) is 4.21. The van der Waals surface area contributed by atoms with Gasteiger partial charge in [0.2, 0.25) is 5.91 Å². The van der Waals surface area contributed by atoms with Gasteiger partial charge in [0.05, 0.1) is 10.3 Å². The van der Waals surface area contributed by atoms with Crippen molar-refractivity contribution in [2.24, 2.45) is 0 Å². The maximum Gasteiger partial charge on any atom is 0.292 e. The molecule has 0 fully saturated rings. The van der Waals surface area contributed by atoms with E-state index in [2.05, 4.69) is 15.6 Å². The largest absolute Gasteiger partial charge is 0.319 e. The number of benzene rings is 2. The van der Waals surface area contributed by atoms with Crippen molar-refractivity contribution in [1.82, 2.24) is 15.0 Å². The van der Waals surface area contributed by atoms with Gasteiger partial charge in [-0.25, -0.2) is 0 Å². The van der Waals surface area contributed by atoms with Gasteiger partial charge in [0, 0.05) is 6.07 Å². The number of carbonyl (C=O) groups is 1. The van der Waals surface area contributed by atoms with Gasteiger partial charge in [-0.15, -0.1) is 5.10 Å². The fourth-order valence-corrected chi connectivity index (χ4v) is 2.34. The highest BCUT2D eigenvalue weighted by Crippen LogP contribution is 2.24. The van der Waals surface area contributed by atoms with E-state index in [0.29, 0.717) is 10.9 Å². The van der Waals surface area contributed by atoms with Gasteiger partial charge in [-0.3, -0.25) is 19.7 Å². The van der Waals surface area contributed by atoms with Crippen LogP contribution in [0.15, 0.2) is 53.3 Å².